The highest BCUT2D eigenvalue weighted by Gasteiger charge is 2.13. The van der Waals surface area contributed by atoms with E-state index < -0.39 is 5.91 Å². The summed E-state index contributed by atoms with van der Waals surface area (Å²) >= 11 is 0. The van der Waals surface area contributed by atoms with Crippen molar-refractivity contribution in [3.8, 4) is 5.69 Å². The number of carbonyl (C=O) groups excluding carboxylic acids is 1. The number of nitrogen functional groups attached to an aromatic ring is 1. The molecule has 0 aliphatic heterocycles. The van der Waals surface area contributed by atoms with Gasteiger partial charge in [-0.15, -0.1) is 5.10 Å². The van der Waals surface area contributed by atoms with Gasteiger partial charge in [0.1, 0.15) is 0 Å². The fourth-order valence-electron chi connectivity index (χ4n) is 1.72. The number of aromatic nitrogens is 4. The maximum atomic E-state index is 12.0. The normalized spacial score (nSPS) is 10.5. The van der Waals surface area contributed by atoms with Crippen LogP contribution in [0.15, 0.2) is 40.9 Å². The first-order chi connectivity index (χ1) is 10.1. The first kappa shape index (κ1) is 12.9. The highest BCUT2D eigenvalue weighted by Crippen LogP contribution is 2.11. The highest BCUT2D eigenvalue weighted by molar-refractivity contribution is 6.01. The standard InChI is InChI=1S/C13H12N6O2/c1-8-16-17-13(21-8)15-12(20)11-6-7-19(18-11)10-4-2-9(14)3-5-10/h2-7H,14H2,1H3,(H,15,17,20). The van der Waals surface area contributed by atoms with Crippen LogP contribution in [-0.4, -0.2) is 25.9 Å². The molecule has 0 fully saturated rings. The zero-order chi connectivity index (χ0) is 14.8. The summed E-state index contributed by atoms with van der Waals surface area (Å²) in [5.41, 5.74) is 7.33. The summed E-state index contributed by atoms with van der Waals surface area (Å²) in [5, 5.41) is 14.0. The van der Waals surface area contributed by atoms with Crippen molar-refractivity contribution < 1.29 is 9.21 Å². The molecular formula is C13H12N6O2. The summed E-state index contributed by atoms with van der Waals surface area (Å²) in [4.78, 5) is 12.0. The van der Waals surface area contributed by atoms with Crippen molar-refractivity contribution in [1.82, 2.24) is 20.0 Å². The van der Waals surface area contributed by atoms with Gasteiger partial charge in [0.2, 0.25) is 5.89 Å². The Balaban J connectivity index is 1.78. The number of amides is 1. The molecule has 0 aliphatic carbocycles. The van der Waals surface area contributed by atoms with Gasteiger partial charge in [0.25, 0.3) is 5.91 Å². The first-order valence-electron chi connectivity index (χ1n) is 6.15. The van der Waals surface area contributed by atoms with Crippen LogP contribution in [0.3, 0.4) is 0 Å². The van der Waals surface area contributed by atoms with Gasteiger partial charge in [-0.25, -0.2) is 4.68 Å². The van der Waals surface area contributed by atoms with E-state index >= 15 is 0 Å². The molecule has 0 saturated carbocycles. The van der Waals surface area contributed by atoms with Crippen LogP contribution in [0, 0.1) is 6.92 Å². The number of hydrogen-bond donors (Lipinski definition) is 2. The Morgan fingerprint density at radius 1 is 1.24 bits per heavy atom. The van der Waals surface area contributed by atoms with Crippen molar-refractivity contribution in [2.75, 3.05) is 11.1 Å². The number of nitrogens with one attached hydrogen (secondary N) is 1. The molecule has 0 spiro atoms. The molecule has 1 aromatic carbocycles. The minimum atomic E-state index is -0.423. The lowest BCUT2D eigenvalue weighted by molar-refractivity contribution is 0.101. The summed E-state index contributed by atoms with van der Waals surface area (Å²) in [6, 6.07) is 8.78. The fraction of sp³-hybridized carbons (Fsp3) is 0.0769. The molecule has 3 rings (SSSR count). The Bertz CT molecular complexity index is 774. The number of anilines is 2. The monoisotopic (exact) mass is 284 g/mol. The zero-order valence-electron chi connectivity index (χ0n) is 11.1. The Labute approximate surface area is 119 Å². The van der Waals surface area contributed by atoms with Gasteiger partial charge in [-0.3, -0.25) is 10.1 Å². The van der Waals surface area contributed by atoms with Crippen molar-refractivity contribution in [3.63, 3.8) is 0 Å². The number of nitrogens with two attached hydrogens (primary N) is 1. The van der Waals surface area contributed by atoms with Crippen LogP contribution in [0.4, 0.5) is 11.7 Å². The molecule has 21 heavy (non-hydrogen) atoms. The third kappa shape index (κ3) is 2.73. The molecule has 0 saturated heterocycles. The molecule has 1 amide bonds. The summed E-state index contributed by atoms with van der Waals surface area (Å²) < 4.78 is 6.65. The van der Waals surface area contributed by atoms with Crippen molar-refractivity contribution in [3.05, 3.63) is 48.1 Å². The van der Waals surface area contributed by atoms with Crippen LogP contribution >= 0.6 is 0 Å². The van der Waals surface area contributed by atoms with Gasteiger partial charge in [-0.05, 0) is 30.3 Å². The molecule has 0 aliphatic rings. The van der Waals surface area contributed by atoms with Gasteiger partial charge in [-0.1, -0.05) is 5.10 Å². The molecule has 8 heteroatoms. The van der Waals surface area contributed by atoms with E-state index in [0.29, 0.717) is 11.6 Å². The smallest absolute Gasteiger partial charge is 0.322 e. The average Bonchev–Trinajstić information content (AvgIpc) is 3.09. The SMILES string of the molecule is Cc1nnc(NC(=O)c2ccn(-c3ccc(N)cc3)n2)o1. The predicted molar refractivity (Wildman–Crippen MR) is 75.0 cm³/mol. The molecule has 3 N–H and O–H groups in total. The molecule has 3 aromatic rings. The van der Waals surface area contributed by atoms with Crippen LogP contribution in [0.25, 0.3) is 5.69 Å². The summed E-state index contributed by atoms with van der Waals surface area (Å²) in [6.07, 6.45) is 1.68. The molecule has 2 aromatic heterocycles. The summed E-state index contributed by atoms with van der Waals surface area (Å²) in [5.74, 6) is -0.0504. The molecule has 2 heterocycles. The number of carbonyl (C=O) groups is 1. The molecule has 0 bridgehead atoms. The van der Waals surface area contributed by atoms with Crippen LogP contribution < -0.4 is 11.1 Å². The van der Waals surface area contributed by atoms with Gasteiger partial charge < -0.3 is 10.2 Å². The van der Waals surface area contributed by atoms with E-state index in [4.69, 9.17) is 10.2 Å². The van der Waals surface area contributed by atoms with E-state index in [1.165, 1.54) is 0 Å². The van der Waals surface area contributed by atoms with Gasteiger partial charge >= 0.3 is 6.01 Å². The second kappa shape index (κ2) is 5.08. The Morgan fingerprint density at radius 2 is 2.00 bits per heavy atom. The minimum absolute atomic E-state index is 0.0412. The second-order valence-electron chi connectivity index (χ2n) is 4.32. The molecule has 0 radical (unpaired) electrons. The minimum Gasteiger partial charge on any atom is -0.408 e. The van der Waals surface area contributed by atoms with Crippen molar-refractivity contribution in [2.45, 2.75) is 6.92 Å². The average molecular weight is 284 g/mol. The zero-order valence-corrected chi connectivity index (χ0v) is 11.1. The summed E-state index contributed by atoms with van der Waals surface area (Å²) in [7, 11) is 0. The van der Waals surface area contributed by atoms with Gasteiger partial charge in [0, 0.05) is 18.8 Å². The van der Waals surface area contributed by atoms with Crippen LogP contribution in [0.1, 0.15) is 16.4 Å². The number of aryl methyl sites for hydroxylation is 1. The second-order valence-corrected chi connectivity index (χ2v) is 4.32. The Kier molecular flexibility index (Phi) is 3.11. The van der Waals surface area contributed by atoms with E-state index in [9.17, 15) is 4.79 Å². The Hall–Kier alpha value is -3.16. The third-order valence-corrected chi connectivity index (χ3v) is 2.73. The van der Waals surface area contributed by atoms with Gasteiger partial charge in [-0.2, -0.15) is 5.10 Å². The Morgan fingerprint density at radius 3 is 2.67 bits per heavy atom. The van der Waals surface area contributed by atoms with E-state index in [1.807, 2.05) is 12.1 Å². The fourth-order valence-corrected chi connectivity index (χ4v) is 1.72. The summed E-state index contributed by atoms with van der Waals surface area (Å²) in [6.45, 7) is 1.64. The molecule has 0 unspecified atom stereocenters. The maximum absolute atomic E-state index is 12.0. The predicted octanol–water partition coefficient (Wildman–Crippen LogP) is 1.40. The number of hydrogen-bond acceptors (Lipinski definition) is 6. The quantitative estimate of drug-likeness (QED) is 0.703. The van der Waals surface area contributed by atoms with E-state index in [0.717, 1.165) is 5.69 Å². The van der Waals surface area contributed by atoms with Gasteiger partial charge in [0.15, 0.2) is 5.69 Å². The molecular weight excluding hydrogens is 272 g/mol. The largest absolute Gasteiger partial charge is 0.408 e. The highest BCUT2D eigenvalue weighted by atomic mass is 16.4. The topological polar surface area (TPSA) is 112 Å². The first-order valence-corrected chi connectivity index (χ1v) is 6.15. The molecule has 0 atom stereocenters. The lowest BCUT2D eigenvalue weighted by Gasteiger charge is -2.01. The molecule has 8 nitrogen and oxygen atoms in total. The van der Waals surface area contributed by atoms with E-state index in [2.05, 4.69) is 20.6 Å². The third-order valence-electron chi connectivity index (χ3n) is 2.73. The number of nitrogens with zero attached hydrogens (tertiary/aromatic N) is 4. The lowest BCUT2D eigenvalue weighted by atomic mass is 10.3. The van der Waals surface area contributed by atoms with Crippen molar-refractivity contribution >= 4 is 17.6 Å². The van der Waals surface area contributed by atoms with Crippen LogP contribution in [0.2, 0.25) is 0 Å². The van der Waals surface area contributed by atoms with Crippen molar-refractivity contribution in [1.29, 1.82) is 0 Å². The van der Waals surface area contributed by atoms with E-state index in [-0.39, 0.29) is 11.7 Å². The van der Waals surface area contributed by atoms with Crippen molar-refractivity contribution in [2.24, 2.45) is 0 Å². The van der Waals surface area contributed by atoms with Crippen LogP contribution in [0.5, 0.6) is 0 Å². The number of benzene rings is 1. The maximum Gasteiger partial charge on any atom is 0.322 e. The lowest BCUT2D eigenvalue weighted by Crippen LogP contribution is -2.13. The number of rotatable bonds is 3. The molecule has 106 valence electrons. The van der Waals surface area contributed by atoms with Gasteiger partial charge in [0.05, 0.1) is 5.69 Å². The van der Waals surface area contributed by atoms with Crippen LogP contribution in [-0.2, 0) is 0 Å². The van der Waals surface area contributed by atoms with E-state index in [1.54, 1.807) is 36.0 Å².